The van der Waals surface area contributed by atoms with Crippen molar-refractivity contribution < 1.29 is 8.78 Å². The monoisotopic (exact) mass is 348 g/mol. The minimum Gasteiger partial charge on any atom is -0.379 e. The number of hydrogen-bond acceptors (Lipinski definition) is 2. The molecule has 3 aromatic rings. The molecule has 0 bridgehead atoms. The summed E-state index contributed by atoms with van der Waals surface area (Å²) in [6, 6.07) is 11.9. The molecule has 0 aliphatic carbocycles. The highest BCUT2D eigenvalue weighted by atomic mass is 79.9. The molecular weight excluding hydrogens is 338 g/mol. The molecule has 0 radical (unpaired) electrons. The Morgan fingerprint density at radius 2 is 1.90 bits per heavy atom. The summed E-state index contributed by atoms with van der Waals surface area (Å²) in [6.45, 7) is 0.406. The number of benzene rings is 2. The Bertz CT molecular complexity index is 805. The van der Waals surface area contributed by atoms with Crippen molar-refractivity contribution in [2.75, 3.05) is 5.32 Å². The number of nitrogens with one attached hydrogen (secondary N) is 1. The first-order valence-electron chi connectivity index (χ1n) is 6.35. The van der Waals surface area contributed by atoms with Crippen LogP contribution in [0, 0.1) is 11.6 Å². The van der Waals surface area contributed by atoms with Crippen LogP contribution >= 0.6 is 15.9 Å². The predicted octanol–water partition coefficient (Wildman–Crippen LogP) is 4.89. The summed E-state index contributed by atoms with van der Waals surface area (Å²) in [6.07, 6.45) is 1.74. The van der Waals surface area contributed by atoms with Gasteiger partial charge >= 0.3 is 0 Å². The number of halogens is 3. The third-order valence-corrected chi connectivity index (χ3v) is 3.77. The van der Waals surface area contributed by atoms with Crippen molar-refractivity contribution in [3.05, 3.63) is 70.3 Å². The van der Waals surface area contributed by atoms with E-state index in [0.717, 1.165) is 28.6 Å². The van der Waals surface area contributed by atoms with Crippen LogP contribution in [0.25, 0.3) is 10.9 Å². The molecule has 1 N–H and O–H groups in total. The van der Waals surface area contributed by atoms with Gasteiger partial charge in [-0.3, -0.25) is 4.98 Å². The summed E-state index contributed by atoms with van der Waals surface area (Å²) in [4.78, 5) is 4.24. The van der Waals surface area contributed by atoms with Crippen molar-refractivity contribution in [1.82, 2.24) is 4.98 Å². The molecule has 0 saturated heterocycles. The highest BCUT2D eigenvalue weighted by Crippen LogP contribution is 2.24. The third kappa shape index (κ3) is 3.03. The Labute approximate surface area is 129 Å². The van der Waals surface area contributed by atoms with Crippen molar-refractivity contribution in [3.8, 4) is 0 Å². The summed E-state index contributed by atoms with van der Waals surface area (Å²) in [7, 11) is 0. The van der Waals surface area contributed by atoms with Gasteiger partial charge in [-0.2, -0.15) is 0 Å². The van der Waals surface area contributed by atoms with Gasteiger partial charge in [0.15, 0.2) is 0 Å². The van der Waals surface area contributed by atoms with Gasteiger partial charge in [0.2, 0.25) is 0 Å². The summed E-state index contributed by atoms with van der Waals surface area (Å²) >= 11 is 2.95. The lowest BCUT2D eigenvalue weighted by atomic mass is 10.1. The Hall–Kier alpha value is -2.01. The molecule has 0 fully saturated rings. The van der Waals surface area contributed by atoms with Crippen molar-refractivity contribution >= 4 is 32.5 Å². The summed E-state index contributed by atoms with van der Waals surface area (Å²) in [5.41, 5.74) is 2.02. The van der Waals surface area contributed by atoms with E-state index in [0.29, 0.717) is 6.54 Å². The molecule has 2 aromatic carbocycles. The zero-order valence-corrected chi connectivity index (χ0v) is 12.5. The second kappa shape index (κ2) is 5.77. The first-order chi connectivity index (χ1) is 10.1. The molecule has 21 heavy (non-hydrogen) atoms. The second-order valence-corrected chi connectivity index (χ2v) is 5.48. The first-order valence-corrected chi connectivity index (χ1v) is 7.15. The summed E-state index contributed by atoms with van der Waals surface area (Å²) in [5.74, 6) is -0.993. The van der Waals surface area contributed by atoms with Crippen molar-refractivity contribution in [3.63, 3.8) is 0 Å². The van der Waals surface area contributed by atoms with Gasteiger partial charge in [-0.05, 0) is 45.8 Å². The van der Waals surface area contributed by atoms with Crippen LogP contribution in [0.2, 0.25) is 0 Å². The Balaban J connectivity index is 1.81. The molecule has 0 atom stereocenters. The number of anilines is 1. The fourth-order valence-electron chi connectivity index (χ4n) is 2.09. The van der Waals surface area contributed by atoms with Gasteiger partial charge in [-0.25, -0.2) is 8.78 Å². The minimum atomic E-state index is -0.499. The van der Waals surface area contributed by atoms with Crippen molar-refractivity contribution in [1.29, 1.82) is 0 Å². The molecule has 0 spiro atoms. The molecule has 2 nitrogen and oxygen atoms in total. The molecule has 1 heterocycles. The van der Waals surface area contributed by atoms with E-state index < -0.39 is 11.6 Å². The molecule has 0 amide bonds. The van der Waals surface area contributed by atoms with Gasteiger partial charge in [-0.1, -0.05) is 12.1 Å². The average Bonchev–Trinajstić information content (AvgIpc) is 2.49. The third-order valence-electron chi connectivity index (χ3n) is 3.16. The zero-order valence-electron chi connectivity index (χ0n) is 10.9. The van der Waals surface area contributed by atoms with E-state index in [1.807, 2.05) is 30.3 Å². The molecule has 0 saturated carbocycles. The van der Waals surface area contributed by atoms with Crippen LogP contribution < -0.4 is 5.32 Å². The fourth-order valence-corrected chi connectivity index (χ4v) is 2.41. The van der Waals surface area contributed by atoms with Crippen LogP contribution in [0.1, 0.15) is 5.56 Å². The van der Waals surface area contributed by atoms with E-state index >= 15 is 0 Å². The molecule has 0 aliphatic heterocycles. The molecule has 3 rings (SSSR count). The number of pyridine rings is 1. The maximum absolute atomic E-state index is 13.7. The topological polar surface area (TPSA) is 24.9 Å². The Morgan fingerprint density at radius 3 is 2.76 bits per heavy atom. The Morgan fingerprint density at radius 1 is 1.05 bits per heavy atom. The first kappa shape index (κ1) is 13.9. The van der Waals surface area contributed by atoms with E-state index in [2.05, 4.69) is 26.2 Å². The van der Waals surface area contributed by atoms with E-state index in [4.69, 9.17) is 0 Å². The molecule has 0 unspecified atom stereocenters. The van der Waals surface area contributed by atoms with E-state index in [1.165, 1.54) is 0 Å². The van der Waals surface area contributed by atoms with Crippen LogP contribution in [0.3, 0.4) is 0 Å². The van der Waals surface area contributed by atoms with Gasteiger partial charge in [0, 0.05) is 24.2 Å². The highest BCUT2D eigenvalue weighted by Gasteiger charge is 2.08. The number of hydrogen-bond donors (Lipinski definition) is 1. The van der Waals surface area contributed by atoms with Gasteiger partial charge in [0.25, 0.3) is 0 Å². The van der Waals surface area contributed by atoms with E-state index in [-0.39, 0.29) is 10.2 Å². The maximum atomic E-state index is 13.7. The quantitative estimate of drug-likeness (QED) is 0.681. The second-order valence-electron chi connectivity index (χ2n) is 4.63. The van der Waals surface area contributed by atoms with Gasteiger partial charge in [0.1, 0.15) is 11.6 Å². The van der Waals surface area contributed by atoms with E-state index in [9.17, 15) is 8.78 Å². The van der Waals surface area contributed by atoms with Crippen molar-refractivity contribution in [2.45, 2.75) is 6.54 Å². The predicted molar refractivity (Wildman–Crippen MR) is 83.1 cm³/mol. The minimum absolute atomic E-state index is 0.113. The molecular formula is C16H11BrF2N2. The molecule has 0 aliphatic rings. The van der Waals surface area contributed by atoms with Crippen LogP contribution in [0.5, 0.6) is 0 Å². The lowest BCUT2D eigenvalue weighted by molar-refractivity contribution is 0.596. The SMILES string of the molecule is Fc1cc(NCc2ccc3ncccc3c2)c(F)cc1Br. The largest absolute Gasteiger partial charge is 0.379 e. The van der Waals surface area contributed by atoms with Crippen LogP contribution in [-0.2, 0) is 6.54 Å². The average molecular weight is 349 g/mol. The number of fused-ring (bicyclic) bond motifs is 1. The summed E-state index contributed by atoms with van der Waals surface area (Å²) in [5, 5.41) is 3.92. The molecule has 5 heteroatoms. The fraction of sp³-hybridized carbons (Fsp3) is 0.0625. The lowest BCUT2D eigenvalue weighted by Crippen LogP contribution is -2.02. The summed E-state index contributed by atoms with van der Waals surface area (Å²) < 4.78 is 27.3. The number of rotatable bonds is 3. The molecule has 106 valence electrons. The van der Waals surface area contributed by atoms with Crippen LogP contribution in [0.4, 0.5) is 14.5 Å². The maximum Gasteiger partial charge on any atom is 0.147 e. The number of nitrogens with zero attached hydrogens (tertiary/aromatic N) is 1. The smallest absolute Gasteiger partial charge is 0.147 e. The molecule has 1 aromatic heterocycles. The normalized spacial score (nSPS) is 10.8. The van der Waals surface area contributed by atoms with Crippen LogP contribution in [0.15, 0.2) is 53.1 Å². The van der Waals surface area contributed by atoms with Crippen molar-refractivity contribution in [2.24, 2.45) is 0 Å². The number of aromatic nitrogens is 1. The Kier molecular flexibility index (Phi) is 3.84. The van der Waals surface area contributed by atoms with E-state index in [1.54, 1.807) is 6.20 Å². The lowest BCUT2D eigenvalue weighted by Gasteiger charge is -2.09. The van der Waals surface area contributed by atoms with Gasteiger partial charge in [0.05, 0.1) is 15.7 Å². The van der Waals surface area contributed by atoms with Gasteiger partial charge in [-0.15, -0.1) is 0 Å². The van der Waals surface area contributed by atoms with Gasteiger partial charge < -0.3 is 5.32 Å². The van der Waals surface area contributed by atoms with Crippen LogP contribution in [-0.4, -0.2) is 4.98 Å². The standard InChI is InChI=1S/C16H11BrF2N2/c17-12-7-14(19)16(8-13(12)18)21-9-10-3-4-15-11(6-10)2-1-5-20-15/h1-8,21H,9H2. The highest BCUT2D eigenvalue weighted by molar-refractivity contribution is 9.10. The zero-order chi connectivity index (χ0) is 14.8.